The third kappa shape index (κ3) is 4.59. The molecule has 0 heterocycles. The standard InChI is InChI=1S/C20H25NO2/c1-5-17-8-6-7-9-19(17)23-16(4)20(22)21-15(3)18-12-10-14(2)11-13-18/h6-13,15-16H,5H2,1-4H3,(H,21,22)/t15-,16-/m0/s1. The maximum atomic E-state index is 12.4. The van der Waals surface area contributed by atoms with Crippen LogP contribution in [0.1, 0.15) is 43.5 Å². The molecule has 2 rings (SSSR count). The Kier molecular flexibility index (Phi) is 5.80. The van der Waals surface area contributed by atoms with Crippen LogP contribution in [0.4, 0.5) is 0 Å². The van der Waals surface area contributed by atoms with Gasteiger partial charge in [0.05, 0.1) is 6.04 Å². The van der Waals surface area contributed by atoms with Crippen molar-refractivity contribution in [3.63, 3.8) is 0 Å². The second-order valence-corrected chi connectivity index (χ2v) is 5.86. The van der Waals surface area contributed by atoms with Crippen LogP contribution in [0.3, 0.4) is 0 Å². The van der Waals surface area contributed by atoms with E-state index >= 15 is 0 Å². The van der Waals surface area contributed by atoms with Gasteiger partial charge in [0, 0.05) is 0 Å². The van der Waals surface area contributed by atoms with Gasteiger partial charge in [-0.15, -0.1) is 0 Å². The minimum absolute atomic E-state index is 0.0458. The number of ether oxygens (including phenoxy) is 1. The van der Waals surface area contributed by atoms with Gasteiger partial charge in [-0.3, -0.25) is 4.79 Å². The van der Waals surface area contributed by atoms with Crippen molar-refractivity contribution in [3.05, 3.63) is 65.2 Å². The Morgan fingerprint density at radius 1 is 1.09 bits per heavy atom. The van der Waals surface area contributed by atoms with Crippen LogP contribution >= 0.6 is 0 Å². The van der Waals surface area contributed by atoms with Gasteiger partial charge in [0.2, 0.25) is 0 Å². The van der Waals surface area contributed by atoms with Gasteiger partial charge in [0.15, 0.2) is 6.10 Å². The van der Waals surface area contributed by atoms with Crippen LogP contribution in [0, 0.1) is 6.92 Å². The Labute approximate surface area is 138 Å². The Hall–Kier alpha value is -2.29. The second-order valence-electron chi connectivity index (χ2n) is 5.86. The van der Waals surface area contributed by atoms with Gasteiger partial charge in [-0.05, 0) is 44.4 Å². The fourth-order valence-electron chi connectivity index (χ4n) is 2.42. The SMILES string of the molecule is CCc1ccccc1O[C@@H](C)C(=O)N[C@@H](C)c1ccc(C)cc1. The van der Waals surface area contributed by atoms with E-state index in [9.17, 15) is 4.79 Å². The summed E-state index contributed by atoms with van der Waals surface area (Å²) in [6.07, 6.45) is 0.347. The summed E-state index contributed by atoms with van der Waals surface area (Å²) in [6, 6.07) is 16.0. The van der Waals surface area contributed by atoms with Gasteiger partial charge in [-0.25, -0.2) is 0 Å². The Bertz CT molecular complexity index is 649. The number of nitrogens with one attached hydrogen (secondary N) is 1. The molecule has 0 aliphatic carbocycles. The molecule has 122 valence electrons. The van der Waals surface area contributed by atoms with E-state index in [1.807, 2.05) is 50.2 Å². The second kappa shape index (κ2) is 7.82. The summed E-state index contributed by atoms with van der Waals surface area (Å²) >= 11 is 0. The molecule has 0 unspecified atom stereocenters. The molecule has 2 aromatic rings. The quantitative estimate of drug-likeness (QED) is 0.868. The molecule has 1 N–H and O–H groups in total. The van der Waals surface area contributed by atoms with Crippen LogP contribution in [0.15, 0.2) is 48.5 Å². The molecule has 2 atom stereocenters. The average molecular weight is 311 g/mol. The topological polar surface area (TPSA) is 38.3 Å². The molecule has 1 amide bonds. The minimum Gasteiger partial charge on any atom is -0.481 e. The van der Waals surface area contributed by atoms with Crippen molar-refractivity contribution in [3.8, 4) is 5.75 Å². The monoisotopic (exact) mass is 311 g/mol. The normalized spacial score (nSPS) is 13.2. The molecule has 0 saturated heterocycles. The number of carbonyl (C=O) groups excluding carboxylic acids is 1. The summed E-state index contributed by atoms with van der Waals surface area (Å²) in [5, 5.41) is 3.01. The van der Waals surface area contributed by atoms with Crippen LogP contribution in [-0.4, -0.2) is 12.0 Å². The fourth-order valence-corrected chi connectivity index (χ4v) is 2.42. The fraction of sp³-hybridized carbons (Fsp3) is 0.350. The van der Waals surface area contributed by atoms with Crippen LogP contribution in [0.2, 0.25) is 0 Å². The van der Waals surface area contributed by atoms with Crippen molar-refractivity contribution >= 4 is 5.91 Å². The first-order chi connectivity index (χ1) is 11.0. The number of amides is 1. The van der Waals surface area contributed by atoms with Crippen LogP contribution in [0.5, 0.6) is 5.75 Å². The third-order valence-corrected chi connectivity index (χ3v) is 3.96. The van der Waals surface area contributed by atoms with Gasteiger partial charge in [0.25, 0.3) is 5.91 Å². The lowest BCUT2D eigenvalue weighted by atomic mass is 10.1. The van der Waals surface area contributed by atoms with Crippen molar-refractivity contribution in [2.24, 2.45) is 0 Å². The number of hydrogen-bond donors (Lipinski definition) is 1. The number of benzene rings is 2. The van der Waals surface area contributed by atoms with E-state index < -0.39 is 6.10 Å². The third-order valence-electron chi connectivity index (χ3n) is 3.96. The number of rotatable bonds is 6. The lowest BCUT2D eigenvalue weighted by Gasteiger charge is -2.20. The average Bonchev–Trinajstić information content (AvgIpc) is 2.55. The largest absolute Gasteiger partial charge is 0.481 e. The van der Waals surface area contributed by atoms with E-state index in [0.29, 0.717) is 0 Å². The lowest BCUT2D eigenvalue weighted by Crippen LogP contribution is -2.37. The van der Waals surface area contributed by atoms with E-state index in [0.717, 1.165) is 23.3 Å². The molecular weight excluding hydrogens is 286 g/mol. The molecule has 0 aliphatic heterocycles. The molecule has 3 heteroatoms. The Morgan fingerprint density at radius 2 is 1.74 bits per heavy atom. The van der Waals surface area contributed by atoms with E-state index in [1.165, 1.54) is 5.56 Å². The first-order valence-corrected chi connectivity index (χ1v) is 8.12. The smallest absolute Gasteiger partial charge is 0.261 e. The molecule has 0 saturated carbocycles. The van der Waals surface area contributed by atoms with Gasteiger partial charge in [0.1, 0.15) is 5.75 Å². The molecular formula is C20H25NO2. The predicted molar refractivity (Wildman–Crippen MR) is 93.6 cm³/mol. The number of aryl methyl sites for hydroxylation is 2. The van der Waals surface area contributed by atoms with Crippen LogP contribution in [0.25, 0.3) is 0 Å². The molecule has 23 heavy (non-hydrogen) atoms. The van der Waals surface area contributed by atoms with E-state index in [-0.39, 0.29) is 11.9 Å². The molecule has 0 spiro atoms. The van der Waals surface area contributed by atoms with Gasteiger partial charge in [-0.2, -0.15) is 0 Å². The molecule has 0 radical (unpaired) electrons. The van der Waals surface area contributed by atoms with E-state index in [4.69, 9.17) is 4.74 Å². The summed E-state index contributed by atoms with van der Waals surface area (Å²) in [7, 11) is 0. The van der Waals surface area contributed by atoms with Crippen LogP contribution < -0.4 is 10.1 Å². The molecule has 0 aromatic heterocycles. The lowest BCUT2D eigenvalue weighted by molar-refractivity contribution is -0.127. The highest BCUT2D eigenvalue weighted by molar-refractivity contribution is 5.81. The van der Waals surface area contributed by atoms with Crippen molar-refractivity contribution in [2.75, 3.05) is 0 Å². The first-order valence-electron chi connectivity index (χ1n) is 8.12. The van der Waals surface area contributed by atoms with Gasteiger partial charge in [-0.1, -0.05) is 55.0 Å². The Morgan fingerprint density at radius 3 is 2.39 bits per heavy atom. The molecule has 0 fully saturated rings. The number of hydrogen-bond acceptors (Lipinski definition) is 2. The predicted octanol–water partition coefficient (Wildman–Crippen LogP) is 4.20. The van der Waals surface area contributed by atoms with Gasteiger partial charge >= 0.3 is 0 Å². The highest BCUT2D eigenvalue weighted by atomic mass is 16.5. The molecule has 2 aromatic carbocycles. The molecule has 0 aliphatic rings. The summed E-state index contributed by atoms with van der Waals surface area (Å²) < 4.78 is 5.84. The zero-order valence-electron chi connectivity index (χ0n) is 14.3. The maximum Gasteiger partial charge on any atom is 0.261 e. The van der Waals surface area contributed by atoms with Crippen molar-refractivity contribution in [1.82, 2.24) is 5.32 Å². The Balaban J connectivity index is 1.98. The van der Waals surface area contributed by atoms with Crippen molar-refractivity contribution in [1.29, 1.82) is 0 Å². The van der Waals surface area contributed by atoms with E-state index in [2.05, 4.69) is 24.4 Å². The van der Waals surface area contributed by atoms with Crippen molar-refractivity contribution < 1.29 is 9.53 Å². The first kappa shape index (κ1) is 17.1. The zero-order chi connectivity index (χ0) is 16.8. The van der Waals surface area contributed by atoms with Crippen molar-refractivity contribution in [2.45, 2.75) is 46.3 Å². The summed E-state index contributed by atoms with van der Waals surface area (Å²) in [4.78, 5) is 12.4. The highest BCUT2D eigenvalue weighted by Crippen LogP contribution is 2.20. The summed E-state index contributed by atoms with van der Waals surface area (Å²) in [5.74, 6) is 0.671. The molecule has 0 bridgehead atoms. The summed E-state index contributed by atoms with van der Waals surface area (Å²) in [6.45, 7) is 7.89. The van der Waals surface area contributed by atoms with E-state index in [1.54, 1.807) is 6.92 Å². The summed E-state index contributed by atoms with van der Waals surface area (Å²) in [5.41, 5.74) is 3.41. The maximum absolute atomic E-state index is 12.4. The zero-order valence-corrected chi connectivity index (χ0v) is 14.3. The number of carbonyl (C=O) groups is 1. The molecule has 3 nitrogen and oxygen atoms in total. The van der Waals surface area contributed by atoms with Crippen LogP contribution in [-0.2, 0) is 11.2 Å². The highest BCUT2D eigenvalue weighted by Gasteiger charge is 2.18. The van der Waals surface area contributed by atoms with Gasteiger partial charge < -0.3 is 10.1 Å². The number of para-hydroxylation sites is 1. The minimum atomic E-state index is -0.532.